The standard InChI is InChI=1S/C12H9FN4O4/c13-9-5-7(17(19)20)1-2-11(9)21-8-3-4-15-10(6-8)12(14)16-18/h1-6,18H,(H2,14,16). The van der Waals surface area contributed by atoms with E-state index in [0.717, 1.165) is 18.2 Å². The molecule has 0 radical (unpaired) electrons. The number of nitro groups is 1. The molecule has 0 atom stereocenters. The van der Waals surface area contributed by atoms with Crippen LogP contribution in [-0.2, 0) is 0 Å². The first-order chi connectivity index (χ1) is 10.0. The summed E-state index contributed by atoms with van der Waals surface area (Å²) < 4.78 is 18.9. The lowest BCUT2D eigenvalue weighted by molar-refractivity contribution is -0.385. The van der Waals surface area contributed by atoms with Gasteiger partial charge in [-0.1, -0.05) is 5.16 Å². The third-order valence-electron chi connectivity index (χ3n) is 2.46. The molecule has 9 heteroatoms. The molecule has 108 valence electrons. The minimum Gasteiger partial charge on any atom is -0.454 e. The Morgan fingerprint density at radius 1 is 1.43 bits per heavy atom. The van der Waals surface area contributed by atoms with Gasteiger partial charge in [-0.2, -0.15) is 0 Å². The van der Waals surface area contributed by atoms with Crippen LogP contribution in [0, 0.1) is 15.9 Å². The highest BCUT2D eigenvalue weighted by Gasteiger charge is 2.13. The molecule has 3 N–H and O–H groups in total. The van der Waals surface area contributed by atoms with E-state index in [2.05, 4.69) is 10.1 Å². The van der Waals surface area contributed by atoms with E-state index in [1.165, 1.54) is 18.3 Å². The minimum atomic E-state index is -0.883. The van der Waals surface area contributed by atoms with Crippen molar-refractivity contribution in [3.63, 3.8) is 0 Å². The Bertz CT molecular complexity index is 720. The lowest BCUT2D eigenvalue weighted by Crippen LogP contribution is -2.14. The topological polar surface area (TPSA) is 124 Å². The highest BCUT2D eigenvalue weighted by Crippen LogP contribution is 2.27. The molecule has 2 aromatic rings. The van der Waals surface area contributed by atoms with Gasteiger partial charge in [-0.15, -0.1) is 0 Å². The summed E-state index contributed by atoms with van der Waals surface area (Å²) in [5.74, 6) is -1.13. The van der Waals surface area contributed by atoms with Gasteiger partial charge in [-0.25, -0.2) is 4.39 Å². The van der Waals surface area contributed by atoms with Gasteiger partial charge in [0.2, 0.25) is 0 Å². The number of non-ortho nitro benzene ring substituents is 1. The van der Waals surface area contributed by atoms with E-state index in [0.29, 0.717) is 0 Å². The van der Waals surface area contributed by atoms with Gasteiger partial charge >= 0.3 is 0 Å². The van der Waals surface area contributed by atoms with Crippen molar-refractivity contribution in [1.82, 2.24) is 4.98 Å². The van der Waals surface area contributed by atoms with Crippen molar-refractivity contribution in [3.05, 3.63) is 58.2 Å². The van der Waals surface area contributed by atoms with E-state index in [4.69, 9.17) is 15.7 Å². The Morgan fingerprint density at radius 3 is 2.81 bits per heavy atom. The first-order valence-corrected chi connectivity index (χ1v) is 5.57. The van der Waals surface area contributed by atoms with E-state index in [9.17, 15) is 14.5 Å². The monoisotopic (exact) mass is 292 g/mol. The lowest BCUT2D eigenvalue weighted by Gasteiger charge is -2.07. The van der Waals surface area contributed by atoms with Crippen molar-refractivity contribution in [1.29, 1.82) is 0 Å². The van der Waals surface area contributed by atoms with Crippen molar-refractivity contribution < 1.29 is 19.3 Å². The van der Waals surface area contributed by atoms with Gasteiger partial charge in [-0.3, -0.25) is 15.1 Å². The van der Waals surface area contributed by atoms with Crippen LogP contribution in [-0.4, -0.2) is 21.0 Å². The molecule has 2 rings (SSSR count). The first-order valence-electron chi connectivity index (χ1n) is 5.57. The van der Waals surface area contributed by atoms with Crippen LogP contribution >= 0.6 is 0 Å². The second kappa shape index (κ2) is 5.82. The number of hydrogen-bond acceptors (Lipinski definition) is 6. The Balaban J connectivity index is 2.28. The average molecular weight is 292 g/mol. The zero-order valence-corrected chi connectivity index (χ0v) is 10.4. The van der Waals surface area contributed by atoms with Gasteiger partial charge in [0, 0.05) is 18.3 Å². The van der Waals surface area contributed by atoms with Crippen LogP contribution < -0.4 is 10.5 Å². The smallest absolute Gasteiger partial charge is 0.272 e. The number of amidine groups is 1. The summed E-state index contributed by atoms with van der Waals surface area (Å²) in [4.78, 5) is 13.6. The third-order valence-corrected chi connectivity index (χ3v) is 2.46. The summed E-state index contributed by atoms with van der Waals surface area (Å²) in [5.41, 5.74) is 5.13. The third kappa shape index (κ3) is 3.21. The van der Waals surface area contributed by atoms with Crippen LogP contribution in [0.5, 0.6) is 11.5 Å². The molecule has 0 amide bonds. The van der Waals surface area contributed by atoms with Gasteiger partial charge in [0.05, 0.1) is 11.0 Å². The molecule has 21 heavy (non-hydrogen) atoms. The van der Waals surface area contributed by atoms with Crippen LogP contribution in [0.3, 0.4) is 0 Å². The number of ether oxygens (including phenoxy) is 1. The molecule has 0 fully saturated rings. The number of nitrogens with two attached hydrogens (primary N) is 1. The minimum absolute atomic E-state index is 0.136. The van der Waals surface area contributed by atoms with E-state index in [-0.39, 0.29) is 28.7 Å². The van der Waals surface area contributed by atoms with Gasteiger partial charge in [0.1, 0.15) is 11.4 Å². The van der Waals surface area contributed by atoms with Crippen molar-refractivity contribution in [2.75, 3.05) is 0 Å². The summed E-state index contributed by atoms with van der Waals surface area (Å²) in [6.07, 6.45) is 1.33. The second-order valence-electron chi connectivity index (χ2n) is 3.84. The van der Waals surface area contributed by atoms with E-state index >= 15 is 0 Å². The van der Waals surface area contributed by atoms with E-state index < -0.39 is 10.7 Å². The number of nitro benzene ring substituents is 1. The highest BCUT2D eigenvalue weighted by atomic mass is 19.1. The van der Waals surface area contributed by atoms with Gasteiger partial charge in [0.25, 0.3) is 5.69 Å². The SMILES string of the molecule is NC(=NO)c1cc(Oc2ccc([N+](=O)[O-])cc2F)ccn1. The maximum Gasteiger partial charge on any atom is 0.272 e. The molecule has 1 aromatic heterocycles. The fraction of sp³-hybridized carbons (Fsp3) is 0. The number of benzene rings is 1. The van der Waals surface area contributed by atoms with Crippen LogP contribution in [0.1, 0.15) is 5.69 Å². The lowest BCUT2D eigenvalue weighted by atomic mass is 10.3. The van der Waals surface area contributed by atoms with Crippen molar-refractivity contribution in [2.24, 2.45) is 10.9 Å². The molecule has 0 aliphatic carbocycles. The molecule has 0 aliphatic rings. The highest BCUT2D eigenvalue weighted by molar-refractivity contribution is 5.95. The molecule has 8 nitrogen and oxygen atoms in total. The van der Waals surface area contributed by atoms with Crippen LogP contribution in [0.25, 0.3) is 0 Å². The van der Waals surface area contributed by atoms with Gasteiger partial charge in [0.15, 0.2) is 17.4 Å². The zero-order chi connectivity index (χ0) is 15.4. The predicted octanol–water partition coefficient (Wildman–Crippen LogP) is 2.02. The summed E-state index contributed by atoms with van der Waals surface area (Å²) in [7, 11) is 0. The first kappa shape index (κ1) is 14.2. The number of rotatable bonds is 4. The summed E-state index contributed by atoms with van der Waals surface area (Å²) in [5, 5.41) is 21.9. The Morgan fingerprint density at radius 2 is 2.19 bits per heavy atom. The average Bonchev–Trinajstić information content (AvgIpc) is 2.48. The number of aromatic nitrogens is 1. The van der Waals surface area contributed by atoms with Crippen LogP contribution in [0.2, 0.25) is 0 Å². The second-order valence-corrected chi connectivity index (χ2v) is 3.84. The molecule has 0 bridgehead atoms. The van der Waals surface area contributed by atoms with Crippen LogP contribution in [0.4, 0.5) is 10.1 Å². The summed E-state index contributed by atoms with van der Waals surface area (Å²) >= 11 is 0. The maximum atomic E-state index is 13.7. The van der Waals surface area contributed by atoms with E-state index in [1.54, 1.807) is 0 Å². The van der Waals surface area contributed by atoms with Crippen molar-refractivity contribution in [2.45, 2.75) is 0 Å². The molecule has 0 unspecified atom stereocenters. The number of oxime groups is 1. The molecule has 1 aromatic carbocycles. The number of halogens is 1. The van der Waals surface area contributed by atoms with Crippen LogP contribution in [0.15, 0.2) is 41.7 Å². The molecular formula is C12H9FN4O4. The molecule has 1 heterocycles. The molecule has 0 saturated carbocycles. The Labute approximate surface area is 117 Å². The maximum absolute atomic E-state index is 13.7. The number of hydrogen-bond donors (Lipinski definition) is 2. The fourth-order valence-corrected chi connectivity index (χ4v) is 1.48. The molecule has 0 saturated heterocycles. The zero-order valence-electron chi connectivity index (χ0n) is 10.4. The van der Waals surface area contributed by atoms with Crippen molar-refractivity contribution >= 4 is 11.5 Å². The largest absolute Gasteiger partial charge is 0.454 e. The molecule has 0 spiro atoms. The summed E-state index contributed by atoms with van der Waals surface area (Å²) in [6.45, 7) is 0. The summed E-state index contributed by atoms with van der Waals surface area (Å²) in [6, 6.07) is 5.76. The van der Waals surface area contributed by atoms with Gasteiger partial charge < -0.3 is 15.7 Å². The Kier molecular flexibility index (Phi) is 3.93. The number of pyridine rings is 1. The quantitative estimate of drug-likeness (QED) is 0.292. The predicted molar refractivity (Wildman–Crippen MR) is 69.9 cm³/mol. The van der Waals surface area contributed by atoms with E-state index in [1.807, 2.05) is 0 Å². The van der Waals surface area contributed by atoms with Crippen molar-refractivity contribution in [3.8, 4) is 11.5 Å². The Hall–Kier alpha value is -3.23. The molecular weight excluding hydrogens is 283 g/mol. The number of nitrogens with zero attached hydrogens (tertiary/aromatic N) is 3. The fourth-order valence-electron chi connectivity index (χ4n) is 1.48. The normalized spacial score (nSPS) is 11.2. The molecule has 0 aliphatic heterocycles. The van der Waals surface area contributed by atoms with Gasteiger partial charge in [-0.05, 0) is 12.1 Å².